The number of amides is 3. The number of anilines is 1. The Labute approximate surface area is 222 Å². The van der Waals surface area contributed by atoms with E-state index in [2.05, 4.69) is 10.6 Å². The minimum Gasteiger partial charge on any atom is -0.465 e. The van der Waals surface area contributed by atoms with Gasteiger partial charge in [0.1, 0.15) is 6.61 Å². The van der Waals surface area contributed by atoms with Crippen molar-refractivity contribution in [2.24, 2.45) is 11.1 Å². The lowest BCUT2D eigenvalue weighted by atomic mass is 9.78. The standard InChI is InChI=1S/C26H29F3N4O6/c1-38-22(35)20-5-3-2-4-17(20)15-31-23(36)25(10-12-33(13-11-25)21(34)14-30)16-39-24(37)32-19-8-6-18(7-9-19)26(27,28)29/h2-9H,10-16,30H2,1H3,(H,31,36)(H,32,37). The highest BCUT2D eigenvalue weighted by atomic mass is 19.4. The lowest BCUT2D eigenvalue weighted by Gasteiger charge is -2.40. The molecule has 0 aromatic heterocycles. The summed E-state index contributed by atoms with van der Waals surface area (Å²) < 4.78 is 48.4. The molecule has 39 heavy (non-hydrogen) atoms. The van der Waals surface area contributed by atoms with Crippen LogP contribution in [-0.4, -0.2) is 62.1 Å². The maximum absolute atomic E-state index is 13.4. The van der Waals surface area contributed by atoms with Gasteiger partial charge in [0.25, 0.3) is 0 Å². The molecule has 1 aliphatic rings. The lowest BCUT2D eigenvalue weighted by Crippen LogP contribution is -2.53. The van der Waals surface area contributed by atoms with Gasteiger partial charge < -0.3 is 25.4 Å². The van der Waals surface area contributed by atoms with E-state index in [0.29, 0.717) is 5.56 Å². The van der Waals surface area contributed by atoms with Crippen LogP contribution in [0.3, 0.4) is 0 Å². The van der Waals surface area contributed by atoms with Gasteiger partial charge in [-0.3, -0.25) is 14.9 Å². The summed E-state index contributed by atoms with van der Waals surface area (Å²) in [6.07, 6.45) is -5.15. The average molecular weight is 551 g/mol. The Hall–Kier alpha value is -4.13. The number of ether oxygens (including phenoxy) is 2. The van der Waals surface area contributed by atoms with Gasteiger partial charge in [0.05, 0.1) is 30.2 Å². The van der Waals surface area contributed by atoms with Crippen LogP contribution in [-0.2, 0) is 31.8 Å². The van der Waals surface area contributed by atoms with E-state index in [9.17, 15) is 32.3 Å². The van der Waals surface area contributed by atoms with E-state index in [1.807, 2.05) is 0 Å². The van der Waals surface area contributed by atoms with Gasteiger partial charge in [0.2, 0.25) is 11.8 Å². The van der Waals surface area contributed by atoms with Gasteiger partial charge in [0, 0.05) is 25.3 Å². The van der Waals surface area contributed by atoms with E-state index in [0.717, 1.165) is 24.3 Å². The molecule has 0 radical (unpaired) electrons. The van der Waals surface area contributed by atoms with Crippen molar-refractivity contribution in [3.05, 3.63) is 65.2 Å². The maximum Gasteiger partial charge on any atom is 0.416 e. The number of alkyl halides is 3. The summed E-state index contributed by atoms with van der Waals surface area (Å²) in [7, 11) is 1.25. The Kier molecular flexibility index (Phi) is 9.51. The molecule has 0 unspecified atom stereocenters. The predicted molar refractivity (Wildman–Crippen MR) is 133 cm³/mol. The van der Waals surface area contributed by atoms with Crippen LogP contribution in [0.5, 0.6) is 0 Å². The predicted octanol–water partition coefficient (Wildman–Crippen LogP) is 2.92. The first-order valence-electron chi connectivity index (χ1n) is 12.0. The largest absolute Gasteiger partial charge is 0.465 e. The summed E-state index contributed by atoms with van der Waals surface area (Å²) in [6, 6.07) is 10.4. The second-order valence-electron chi connectivity index (χ2n) is 8.97. The molecule has 4 N–H and O–H groups in total. The van der Waals surface area contributed by atoms with E-state index in [-0.39, 0.29) is 62.8 Å². The van der Waals surface area contributed by atoms with Gasteiger partial charge in [-0.25, -0.2) is 9.59 Å². The van der Waals surface area contributed by atoms with Crippen LogP contribution in [0.2, 0.25) is 0 Å². The summed E-state index contributed by atoms with van der Waals surface area (Å²) in [5.74, 6) is -1.30. The van der Waals surface area contributed by atoms with Crippen molar-refractivity contribution in [2.75, 3.05) is 38.7 Å². The molecular formula is C26H29F3N4O6. The fourth-order valence-corrected chi connectivity index (χ4v) is 4.20. The van der Waals surface area contributed by atoms with Gasteiger partial charge in [-0.1, -0.05) is 18.2 Å². The molecule has 1 aliphatic heterocycles. The van der Waals surface area contributed by atoms with Crippen molar-refractivity contribution in [3.63, 3.8) is 0 Å². The minimum absolute atomic E-state index is 0.00491. The zero-order valence-electron chi connectivity index (χ0n) is 21.2. The zero-order valence-corrected chi connectivity index (χ0v) is 21.2. The highest BCUT2D eigenvalue weighted by Gasteiger charge is 2.43. The quantitative estimate of drug-likeness (QED) is 0.430. The second-order valence-corrected chi connectivity index (χ2v) is 8.97. The van der Waals surface area contributed by atoms with Gasteiger partial charge in [-0.2, -0.15) is 13.2 Å². The number of benzene rings is 2. The molecule has 3 rings (SSSR count). The number of halogens is 3. The highest BCUT2D eigenvalue weighted by Crippen LogP contribution is 2.33. The topological polar surface area (TPSA) is 140 Å². The average Bonchev–Trinajstić information content (AvgIpc) is 2.94. The lowest BCUT2D eigenvalue weighted by molar-refractivity contribution is -0.142. The number of methoxy groups -OCH3 is 1. The smallest absolute Gasteiger partial charge is 0.416 e. The molecule has 3 amide bonds. The van der Waals surface area contributed by atoms with Crippen molar-refractivity contribution < 1.29 is 41.8 Å². The Balaban J connectivity index is 1.70. The molecule has 1 fully saturated rings. The van der Waals surface area contributed by atoms with Gasteiger partial charge in [-0.15, -0.1) is 0 Å². The molecule has 0 aliphatic carbocycles. The van der Waals surface area contributed by atoms with E-state index < -0.39 is 35.1 Å². The zero-order chi connectivity index (χ0) is 28.6. The summed E-state index contributed by atoms with van der Waals surface area (Å²) >= 11 is 0. The molecule has 2 aromatic carbocycles. The Morgan fingerprint density at radius 3 is 2.26 bits per heavy atom. The number of piperidine rings is 1. The van der Waals surface area contributed by atoms with Crippen LogP contribution >= 0.6 is 0 Å². The van der Waals surface area contributed by atoms with Crippen molar-refractivity contribution in [2.45, 2.75) is 25.6 Å². The number of esters is 1. The van der Waals surface area contributed by atoms with Crippen molar-refractivity contribution in [1.29, 1.82) is 0 Å². The fourth-order valence-electron chi connectivity index (χ4n) is 4.20. The van der Waals surface area contributed by atoms with E-state index in [1.165, 1.54) is 12.0 Å². The SMILES string of the molecule is COC(=O)c1ccccc1CNC(=O)C1(COC(=O)Nc2ccc(C(F)(F)F)cc2)CCN(C(=O)CN)CC1. The fraction of sp³-hybridized carbons (Fsp3) is 0.385. The van der Waals surface area contributed by atoms with Crippen molar-refractivity contribution in [3.8, 4) is 0 Å². The normalized spacial score (nSPS) is 14.7. The number of carbonyl (C=O) groups is 4. The van der Waals surface area contributed by atoms with Gasteiger partial charge in [0.15, 0.2) is 0 Å². The van der Waals surface area contributed by atoms with Crippen LogP contribution in [0, 0.1) is 5.41 Å². The Morgan fingerprint density at radius 2 is 1.67 bits per heavy atom. The molecule has 2 aromatic rings. The van der Waals surface area contributed by atoms with Crippen molar-refractivity contribution >= 4 is 29.6 Å². The van der Waals surface area contributed by atoms with Crippen LogP contribution in [0.4, 0.5) is 23.7 Å². The molecule has 10 nitrogen and oxygen atoms in total. The van der Waals surface area contributed by atoms with Gasteiger partial charge in [-0.05, 0) is 48.7 Å². The van der Waals surface area contributed by atoms with Crippen LogP contribution in [0.15, 0.2) is 48.5 Å². The molecule has 0 spiro atoms. The Morgan fingerprint density at radius 1 is 1.03 bits per heavy atom. The first-order chi connectivity index (χ1) is 18.5. The third-order valence-corrected chi connectivity index (χ3v) is 6.53. The first-order valence-corrected chi connectivity index (χ1v) is 12.0. The third-order valence-electron chi connectivity index (χ3n) is 6.53. The monoisotopic (exact) mass is 550 g/mol. The van der Waals surface area contributed by atoms with Gasteiger partial charge >= 0.3 is 18.2 Å². The van der Waals surface area contributed by atoms with Crippen molar-refractivity contribution in [1.82, 2.24) is 10.2 Å². The van der Waals surface area contributed by atoms with E-state index in [4.69, 9.17) is 15.2 Å². The molecule has 13 heteroatoms. The first kappa shape index (κ1) is 29.4. The molecule has 0 bridgehead atoms. The number of hydrogen-bond acceptors (Lipinski definition) is 7. The number of likely N-dealkylation sites (tertiary alicyclic amines) is 1. The number of rotatable bonds is 8. The summed E-state index contributed by atoms with van der Waals surface area (Å²) in [4.78, 5) is 51.5. The van der Waals surface area contributed by atoms with Crippen LogP contribution in [0.1, 0.15) is 34.3 Å². The molecule has 0 atom stereocenters. The molecule has 1 heterocycles. The molecule has 0 saturated carbocycles. The summed E-state index contributed by atoms with van der Waals surface area (Å²) in [5.41, 5.74) is 4.25. The number of hydrogen-bond donors (Lipinski definition) is 3. The molecule has 210 valence electrons. The van der Waals surface area contributed by atoms with Crippen LogP contribution < -0.4 is 16.4 Å². The third kappa shape index (κ3) is 7.47. The highest BCUT2D eigenvalue weighted by molar-refractivity contribution is 5.91. The Bertz CT molecular complexity index is 1190. The van der Waals surface area contributed by atoms with E-state index >= 15 is 0 Å². The minimum atomic E-state index is -4.52. The number of nitrogens with zero attached hydrogens (tertiary/aromatic N) is 1. The number of nitrogens with two attached hydrogens (primary N) is 1. The summed E-state index contributed by atoms with van der Waals surface area (Å²) in [5, 5.41) is 5.13. The maximum atomic E-state index is 13.4. The van der Waals surface area contributed by atoms with E-state index in [1.54, 1.807) is 24.3 Å². The molecular weight excluding hydrogens is 521 g/mol. The molecule has 1 saturated heterocycles. The number of carbonyl (C=O) groups excluding carboxylic acids is 4. The van der Waals surface area contributed by atoms with Crippen LogP contribution in [0.25, 0.3) is 0 Å². The number of nitrogens with one attached hydrogen (secondary N) is 2. The second kappa shape index (κ2) is 12.6. The summed E-state index contributed by atoms with van der Waals surface area (Å²) in [6.45, 7) is -0.141.